The molecule has 164 valence electrons. The molecule has 0 atom stereocenters. The summed E-state index contributed by atoms with van der Waals surface area (Å²) in [5.41, 5.74) is 1.02. The van der Waals surface area contributed by atoms with Crippen LogP contribution >= 0.6 is 0 Å². The summed E-state index contributed by atoms with van der Waals surface area (Å²) in [5, 5.41) is 0. The molecule has 0 aliphatic carbocycles. The quantitative estimate of drug-likeness (QED) is 0.140. The van der Waals surface area contributed by atoms with Gasteiger partial charge in [0.1, 0.15) is 0 Å². The minimum atomic E-state index is -0.242. The molecular weight excluding hydrogens is 356 g/mol. The Balaban J connectivity index is 1.79. The molecule has 0 bridgehead atoms. The highest BCUT2D eigenvalue weighted by Crippen LogP contribution is 2.14. The summed E-state index contributed by atoms with van der Waals surface area (Å²) < 4.78 is 5.26. The van der Waals surface area contributed by atoms with Crippen LogP contribution in [0.1, 0.15) is 109 Å². The predicted molar refractivity (Wildman–Crippen MR) is 126 cm³/mol. The molecule has 2 heteroatoms. The second-order valence-corrected chi connectivity index (χ2v) is 8.69. The van der Waals surface area contributed by atoms with Crippen molar-refractivity contribution in [1.82, 2.24) is 0 Å². The average molecular weight is 401 g/mol. The predicted octanol–water partition coefficient (Wildman–Crippen LogP) is 8.36. The second kappa shape index (κ2) is 18.5. The maximum atomic E-state index is 11.7. The maximum absolute atomic E-state index is 11.7. The Morgan fingerprint density at radius 2 is 1.24 bits per heavy atom. The topological polar surface area (TPSA) is 26.3 Å². The lowest BCUT2D eigenvalue weighted by Gasteiger charge is -2.05. The maximum Gasteiger partial charge on any atom is 0.330 e. The van der Waals surface area contributed by atoms with E-state index in [1.807, 2.05) is 30.3 Å². The Morgan fingerprint density at radius 3 is 1.76 bits per heavy atom. The first kappa shape index (κ1) is 25.5. The third kappa shape index (κ3) is 17.0. The van der Waals surface area contributed by atoms with Gasteiger partial charge in [0, 0.05) is 6.08 Å². The molecule has 0 unspecified atom stereocenters. The molecule has 0 heterocycles. The Bertz CT molecular complexity index is 519. The van der Waals surface area contributed by atoms with Gasteiger partial charge in [0.15, 0.2) is 0 Å². The first-order valence-electron chi connectivity index (χ1n) is 12.1. The largest absolute Gasteiger partial charge is 0.463 e. The fourth-order valence-electron chi connectivity index (χ4n) is 3.55. The van der Waals surface area contributed by atoms with E-state index in [0.29, 0.717) is 6.61 Å². The van der Waals surface area contributed by atoms with Gasteiger partial charge < -0.3 is 4.74 Å². The number of hydrogen-bond acceptors (Lipinski definition) is 2. The highest BCUT2D eigenvalue weighted by Gasteiger charge is 1.98. The zero-order chi connectivity index (χ0) is 21.0. The lowest BCUT2D eigenvalue weighted by molar-refractivity contribution is -0.137. The van der Waals surface area contributed by atoms with E-state index in [-0.39, 0.29) is 5.97 Å². The van der Waals surface area contributed by atoms with Crippen LogP contribution in [0.5, 0.6) is 0 Å². The number of ether oxygens (including phenoxy) is 1. The van der Waals surface area contributed by atoms with Crippen molar-refractivity contribution in [2.24, 2.45) is 5.92 Å². The molecule has 1 aromatic carbocycles. The zero-order valence-electron chi connectivity index (χ0n) is 19.0. The number of hydrogen-bond donors (Lipinski definition) is 0. The van der Waals surface area contributed by atoms with Gasteiger partial charge in [0.2, 0.25) is 0 Å². The van der Waals surface area contributed by atoms with Crippen LogP contribution in [0.2, 0.25) is 0 Å². The van der Waals surface area contributed by atoms with Gasteiger partial charge in [-0.25, -0.2) is 4.79 Å². The van der Waals surface area contributed by atoms with Crippen LogP contribution in [0.4, 0.5) is 0 Å². The lowest BCUT2D eigenvalue weighted by atomic mass is 10.0. The molecule has 0 radical (unpaired) electrons. The van der Waals surface area contributed by atoms with Gasteiger partial charge in [-0.1, -0.05) is 128 Å². The summed E-state index contributed by atoms with van der Waals surface area (Å²) in [6.45, 7) is 5.18. The molecule has 0 spiro atoms. The van der Waals surface area contributed by atoms with Crippen LogP contribution in [0.25, 0.3) is 6.08 Å². The summed E-state index contributed by atoms with van der Waals surface area (Å²) >= 11 is 0. The molecule has 0 amide bonds. The van der Waals surface area contributed by atoms with Crippen LogP contribution in [-0.4, -0.2) is 12.6 Å². The summed E-state index contributed by atoms with van der Waals surface area (Å²) in [6, 6.07) is 9.83. The van der Waals surface area contributed by atoms with Crippen molar-refractivity contribution < 1.29 is 9.53 Å². The van der Waals surface area contributed by atoms with Gasteiger partial charge in [-0.3, -0.25) is 0 Å². The molecule has 29 heavy (non-hydrogen) atoms. The third-order valence-electron chi connectivity index (χ3n) is 5.38. The minimum Gasteiger partial charge on any atom is -0.463 e. The monoisotopic (exact) mass is 400 g/mol. The zero-order valence-corrected chi connectivity index (χ0v) is 19.0. The van der Waals surface area contributed by atoms with Gasteiger partial charge in [-0.15, -0.1) is 0 Å². The van der Waals surface area contributed by atoms with Gasteiger partial charge >= 0.3 is 5.97 Å². The van der Waals surface area contributed by atoms with E-state index < -0.39 is 0 Å². The Labute approximate surface area is 180 Å². The molecule has 0 N–H and O–H groups in total. The summed E-state index contributed by atoms with van der Waals surface area (Å²) in [5.74, 6) is 0.626. The van der Waals surface area contributed by atoms with Crippen molar-refractivity contribution in [2.45, 2.75) is 104 Å². The van der Waals surface area contributed by atoms with Crippen molar-refractivity contribution in [3.8, 4) is 0 Å². The highest BCUT2D eigenvalue weighted by molar-refractivity contribution is 5.86. The Morgan fingerprint density at radius 1 is 0.759 bits per heavy atom. The van der Waals surface area contributed by atoms with E-state index in [0.717, 1.165) is 24.3 Å². The van der Waals surface area contributed by atoms with Crippen LogP contribution in [-0.2, 0) is 9.53 Å². The lowest BCUT2D eigenvalue weighted by Crippen LogP contribution is -2.02. The van der Waals surface area contributed by atoms with E-state index in [1.54, 1.807) is 6.08 Å². The Kier molecular flexibility index (Phi) is 16.2. The molecular formula is C27H44O2. The number of benzene rings is 1. The van der Waals surface area contributed by atoms with Gasteiger partial charge in [-0.05, 0) is 24.0 Å². The van der Waals surface area contributed by atoms with Crippen molar-refractivity contribution in [3.63, 3.8) is 0 Å². The summed E-state index contributed by atoms with van der Waals surface area (Å²) in [4.78, 5) is 11.7. The molecule has 0 saturated carbocycles. The standard InChI is InChI=1S/C27H44O2/c1-25(2)19-15-12-10-8-6-4-3-5-7-9-11-13-18-24-29-27(28)23-22-26-20-16-14-17-21-26/h14,16-17,20-23,25H,3-13,15,18-19,24H2,1-2H3. The smallest absolute Gasteiger partial charge is 0.330 e. The van der Waals surface area contributed by atoms with Gasteiger partial charge in [0.05, 0.1) is 6.61 Å². The number of esters is 1. The second-order valence-electron chi connectivity index (χ2n) is 8.69. The van der Waals surface area contributed by atoms with Crippen molar-refractivity contribution in [2.75, 3.05) is 6.61 Å². The molecule has 0 aliphatic rings. The van der Waals surface area contributed by atoms with Gasteiger partial charge in [-0.2, -0.15) is 0 Å². The summed E-state index contributed by atoms with van der Waals surface area (Å²) in [6.07, 6.45) is 22.1. The van der Waals surface area contributed by atoms with Crippen LogP contribution < -0.4 is 0 Å². The average Bonchev–Trinajstić information content (AvgIpc) is 2.72. The van der Waals surface area contributed by atoms with Gasteiger partial charge in [0.25, 0.3) is 0 Å². The fourth-order valence-corrected chi connectivity index (χ4v) is 3.55. The van der Waals surface area contributed by atoms with E-state index >= 15 is 0 Å². The van der Waals surface area contributed by atoms with Crippen LogP contribution in [0.3, 0.4) is 0 Å². The molecule has 0 aromatic heterocycles. The van der Waals surface area contributed by atoms with Crippen molar-refractivity contribution in [1.29, 1.82) is 0 Å². The third-order valence-corrected chi connectivity index (χ3v) is 5.38. The molecule has 1 rings (SSSR count). The first-order chi connectivity index (χ1) is 14.2. The SMILES string of the molecule is CC(C)CCCCCCCCCCCCCCCOC(=O)C=Cc1ccccc1. The first-order valence-corrected chi connectivity index (χ1v) is 12.1. The molecule has 1 aromatic rings. The van der Waals surface area contributed by atoms with Crippen LogP contribution in [0, 0.1) is 5.92 Å². The van der Waals surface area contributed by atoms with E-state index in [1.165, 1.54) is 83.1 Å². The fraction of sp³-hybridized carbons (Fsp3) is 0.667. The molecule has 2 nitrogen and oxygen atoms in total. The van der Waals surface area contributed by atoms with Crippen molar-refractivity contribution >= 4 is 12.0 Å². The number of carbonyl (C=O) groups excluding carboxylic acids is 1. The minimum absolute atomic E-state index is 0.242. The summed E-state index contributed by atoms with van der Waals surface area (Å²) in [7, 11) is 0. The van der Waals surface area contributed by atoms with Crippen LogP contribution in [0.15, 0.2) is 36.4 Å². The van der Waals surface area contributed by atoms with Crippen molar-refractivity contribution in [3.05, 3.63) is 42.0 Å². The number of rotatable bonds is 18. The normalized spacial score (nSPS) is 11.4. The molecule has 0 aliphatic heterocycles. The number of unbranched alkanes of at least 4 members (excludes halogenated alkanes) is 12. The van der Waals surface area contributed by atoms with E-state index in [4.69, 9.17) is 4.74 Å². The highest BCUT2D eigenvalue weighted by atomic mass is 16.5. The number of carbonyl (C=O) groups is 1. The van der Waals surface area contributed by atoms with E-state index in [9.17, 15) is 4.79 Å². The van der Waals surface area contributed by atoms with E-state index in [2.05, 4.69) is 13.8 Å². The molecule has 0 saturated heterocycles. The Hall–Kier alpha value is -1.57. The molecule has 0 fully saturated rings.